The molecule has 2 spiro atoms. The first kappa shape index (κ1) is 34.9. The predicted molar refractivity (Wildman–Crippen MR) is 171 cm³/mol. The Morgan fingerprint density at radius 1 is 0.548 bits per heavy atom. The molecule has 0 radical (unpaired) electrons. The largest absolute Gasteiger partial charge is 0.444 e. The molecule has 2 amide bonds. The Bertz CT molecular complexity index is 875. The van der Waals surface area contributed by atoms with Gasteiger partial charge in [-0.1, -0.05) is 0 Å². The number of likely N-dealkylation sites (tertiary alicyclic amines) is 4. The minimum absolute atomic E-state index is 0.132. The number of nitrogens with zero attached hydrogens (tertiary/aromatic N) is 4. The fraction of sp³-hybridized carbons (Fsp3) is 0.941. The highest BCUT2D eigenvalue weighted by atomic mass is 16.6. The molecule has 4 saturated heterocycles. The minimum Gasteiger partial charge on any atom is -0.444 e. The van der Waals surface area contributed by atoms with Crippen LogP contribution in [0.2, 0.25) is 0 Å². The molecule has 0 aromatic rings. The summed E-state index contributed by atoms with van der Waals surface area (Å²) in [6.45, 7) is 28.9. The van der Waals surface area contributed by atoms with Crippen molar-refractivity contribution in [2.75, 3.05) is 52.4 Å². The SMILES string of the molecule is CC(C)N1CCC2(CCCN(C(=O)OC(C)(C)C)C2)CC1.CC(C)N1CCCC2(CCN(C(=O)OC(C)(C)C)CC2)C1. The van der Waals surface area contributed by atoms with Gasteiger partial charge in [0.1, 0.15) is 11.2 Å². The summed E-state index contributed by atoms with van der Waals surface area (Å²) in [4.78, 5) is 33.5. The van der Waals surface area contributed by atoms with E-state index in [0.717, 1.165) is 45.4 Å². The normalized spacial score (nSPS) is 23.6. The second-order valence-corrected chi connectivity index (χ2v) is 16.3. The molecule has 0 aromatic heterocycles. The van der Waals surface area contributed by atoms with Gasteiger partial charge in [0.25, 0.3) is 0 Å². The maximum Gasteiger partial charge on any atom is 0.410 e. The molecule has 4 heterocycles. The lowest BCUT2D eigenvalue weighted by molar-refractivity contribution is -0.0145. The first-order chi connectivity index (χ1) is 19.4. The fourth-order valence-electron chi connectivity index (χ4n) is 7.20. The van der Waals surface area contributed by atoms with Gasteiger partial charge in [0.15, 0.2) is 0 Å². The Morgan fingerprint density at radius 3 is 1.45 bits per heavy atom. The van der Waals surface area contributed by atoms with Crippen LogP contribution in [-0.2, 0) is 9.47 Å². The summed E-state index contributed by atoms with van der Waals surface area (Å²) in [7, 11) is 0. The van der Waals surface area contributed by atoms with Crippen molar-refractivity contribution in [1.82, 2.24) is 19.6 Å². The first-order valence-electron chi connectivity index (χ1n) is 16.9. The van der Waals surface area contributed by atoms with Gasteiger partial charge in [-0.05, 0) is 151 Å². The summed E-state index contributed by atoms with van der Waals surface area (Å²) in [6, 6.07) is 1.26. The molecular weight excluding hydrogens is 528 g/mol. The molecule has 0 aromatic carbocycles. The number of carbonyl (C=O) groups is 2. The molecule has 0 atom stereocenters. The average molecular weight is 593 g/mol. The predicted octanol–water partition coefficient (Wildman–Crippen LogP) is 7.02. The lowest BCUT2D eigenvalue weighted by atomic mass is 9.72. The molecule has 4 fully saturated rings. The zero-order chi connectivity index (χ0) is 31.3. The minimum atomic E-state index is -0.400. The topological polar surface area (TPSA) is 65.6 Å². The van der Waals surface area contributed by atoms with Gasteiger partial charge in [-0.25, -0.2) is 9.59 Å². The molecule has 8 heteroatoms. The third-order valence-electron chi connectivity index (χ3n) is 9.80. The van der Waals surface area contributed by atoms with Gasteiger partial charge in [0, 0.05) is 44.8 Å². The zero-order valence-electron chi connectivity index (χ0n) is 28.9. The maximum absolute atomic E-state index is 12.3. The number of carbonyl (C=O) groups excluding carboxylic acids is 2. The Hall–Kier alpha value is -1.54. The Balaban J connectivity index is 0.000000230. The van der Waals surface area contributed by atoms with Crippen molar-refractivity contribution in [3.05, 3.63) is 0 Å². The van der Waals surface area contributed by atoms with Crippen LogP contribution in [0.4, 0.5) is 9.59 Å². The van der Waals surface area contributed by atoms with E-state index in [1.165, 1.54) is 58.3 Å². The molecule has 42 heavy (non-hydrogen) atoms. The summed E-state index contributed by atoms with van der Waals surface area (Å²) in [5.74, 6) is 0. The van der Waals surface area contributed by atoms with E-state index in [2.05, 4.69) is 37.5 Å². The quantitative estimate of drug-likeness (QED) is 0.344. The fourth-order valence-corrected chi connectivity index (χ4v) is 7.20. The summed E-state index contributed by atoms with van der Waals surface area (Å²) in [5, 5.41) is 0. The van der Waals surface area contributed by atoms with E-state index in [0.29, 0.717) is 22.9 Å². The van der Waals surface area contributed by atoms with Crippen molar-refractivity contribution < 1.29 is 19.1 Å². The molecular formula is C34H64N4O4. The molecule has 8 nitrogen and oxygen atoms in total. The average Bonchev–Trinajstić information content (AvgIpc) is 2.88. The summed E-state index contributed by atoms with van der Waals surface area (Å²) in [5.41, 5.74) is -0.0320. The third-order valence-corrected chi connectivity index (χ3v) is 9.80. The molecule has 0 aliphatic carbocycles. The van der Waals surface area contributed by atoms with E-state index < -0.39 is 11.2 Å². The van der Waals surface area contributed by atoms with Gasteiger partial charge in [-0.15, -0.1) is 0 Å². The van der Waals surface area contributed by atoms with Crippen LogP contribution in [0.15, 0.2) is 0 Å². The molecule has 4 rings (SSSR count). The summed E-state index contributed by atoms with van der Waals surface area (Å²) in [6.07, 6.45) is 9.38. The summed E-state index contributed by atoms with van der Waals surface area (Å²) >= 11 is 0. The molecule has 4 aliphatic rings. The smallest absolute Gasteiger partial charge is 0.410 e. The summed E-state index contributed by atoms with van der Waals surface area (Å²) < 4.78 is 11.0. The van der Waals surface area contributed by atoms with Crippen LogP contribution in [0, 0.1) is 10.8 Å². The number of piperidine rings is 4. The molecule has 0 N–H and O–H groups in total. The third kappa shape index (κ3) is 10.3. The van der Waals surface area contributed by atoms with Crippen LogP contribution < -0.4 is 0 Å². The lowest BCUT2D eigenvalue weighted by Crippen LogP contribution is -2.52. The van der Waals surface area contributed by atoms with Crippen LogP contribution in [0.25, 0.3) is 0 Å². The van der Waals surface area contributed by atoms with E-state index in [9.17, 15) is 9.59 Å². The van der Waals surface area contributed by atoms with E-state index in [1.54, 1.807) is 0 Å². The van der Waals surface area contributed by atoms with Gasteiger partial charge in [0.05, 0.1) is 0 Å². The highest BCUT2D eigenvalue weighted by Gasteiger charge is 2.42. The van der Waals surface area contributed by atoms with Gasteiger partial charge in [-0.2, -0.15) is 0 Å². The Morgan fingerprint density at radius 2 is 0.976 bits per heavy atom. The lowest BCUT2D eigenvalue weighted by Gasteiger charge is -2.48. The standard InChI is InChI=1S/2C17H32N2O2/c1-14(2)19-10-6-7-17(13-19)8-11-18(12-9-17)15(20)21-16(3,4)5;1-14(2)18-11-8-17(9-12-18)7-6-10-19(13-17)15(20)21-16(3,4)5/h2*14H,6-13H2,1-5H3. The maximum atomic E-state index is 12.3. The van der Waals surface area contributed by atoms with E-state index >= 15 is 0 Å². The van der Waals surface area contributed by atoms with Crippen molar-refractivity contribution in [2.24, 2.45) is 10.8 Å². The van der Waals surface area contributed by atoms with Crippen molar-refractivity contribution in [1.29, 1.82) is 0 Å². The van der Waals surface area contributed by atoms with Gasteiger partial charge >= 0.3 is 12.2 Å². The van der Waals surface area contributed by atoms with E-state index in [-0.39, 0.29) is 12.2 Å². The van der Waals surface area contributed by atoms with Crippen LogP contribution in [0.3, 0.4) is 0 Å². The number of hydrogen-bond acceptors (Lipinski definition) is 6. The van der Waals surface area contributed by atoms with Crippen molar-refractivity contribution in [3.63, 3.8) is 0 Å². The molecule has 4 aliphatic heterocycles. The molecule has 0 unspecified atom stereocenters. The highest BCUT2D eigenvalue weighted by Crippen LogP contribution is 2.41. The van der Waals surface area contributed by atoms with Crippen LogP contribution in [0.1, 0.15) is 121 Å². The van der Waals surface area contributed by atoms with E-state index in [4.69, 9.17) is 9.47 Å². The number of rotatable bonds is 2. The van der Waals surface area contributed by atoms with Crippen LogP contribution in [-0.4, -0.2) is 107 Å². The second kappa shape index (κ2) is 14.0. The molecule has 0 bridgehead atoms. The Labute approximate surface area is 257 Å². The Kier molecular flexibility index (Phi) is 11.7. The van der Waals surface area contributed by atoms with Crippen molar-refractivity contribution in [3.8, 4) is 0 Å². The van der Waals surface area contributed by atoms with Crippen molar-refractivity contribution in [2.45, 2.75) is 144 Å². The monoisotopic (exact) mass is 592 g/mol. The first-order valence-corrected chi connectivity index (χ1v) is 16.9. The van der Waals surface area contributed by atoms with Crippen molar-refractivity contribution >= 4 is 12.2 Å². The number of ether oxygens (including phenoxy) is 2. The van der Waals surface area contributed by atoms with Gasteiger partial charge < -0.3 is 29.1 Å². The number of hydrogen-bond donors (Lipinski definition) is 0. The zero-order valence-corrected chi connectivity index (χ0v) is 28.9. The van der Waals surface area contributed by atoms with Crippen LogP contribution >= 0.6 is 0 Å². The van der Waals surface area contributed by atoms with Gasteiger partial charge in [-0.3, -0.25) is 0 Å². The molecule has 0 saturated carbocycles. The van der Waals surface area contributed by atoms with Gasteiger partial charge in [0.2, 0.25) is 0 Å². The highest BCUT2D eigenvalue weighted by molar-refractivity contribution is 5.68. The van der Waals surface area contributed by atoms with E-state index in [1.807, 2.05) is 51.3 Å². The van der Waals surface area contributed by atoms with Crippen LogP contribution in [0.5, 0.6) is 0 Å². The number of amides is 2. The second-order valence-electron chi connectivity index (χ2n) is 16.3. The molecule has 244 valence electrons.